The maximum Gasteiger partial charge on any atom is 0.330 e. The van der Waals surface area contributed by atoms with Crippen molar-refractivity contribution in [2.75, 3.05) is 7.11 Å². The number of esters is 1. The van der Waals surface area contributed by atoms with E-state index in [2.05, 4.69) is 4.74 Å². The first-order chi connectivity index (χ1) is 5.74. The molecule has 1 heterocycles. The van der Waals surface area contributed by atoms with E-state index in [0.717, 1.165) is 5.56 Å². The number of thiophene rings is 1. The molecule has 0 saturated heterocycles. The molecule has 3 heteroatoms. The standard InChI is InChI=1S/C9H10O2S/c1-7-5-12-6-8(7)3-4-9(10)11-2/h3-6H,1-2H3/b4-3+. The Labute approximate surface area is 75.5 Å². The van der Waals surface area contributed by atoms with Crippen molar-refractivity contribution in [1.29, 1.82) is 0 Å². The van der Waals surface area contributed by atoms with Gasteiger partial charge in [-0.15, -0.1) is 0 Å². The van der Waals surface area contributed by atoms with Crippen LogP contribution in [0.1, 0.15) is 11.1 Å². The van der Waals surface area contributed by atoms with Crippen LogP contribution in [0.5, 0.6) is 0 Å². The number of aryl methyl sites for hydroxylation is 1. The summed E-state index contributed by atoms with van der Waals surface area (Å²) >= 11 is 1.62. The predicted molar refractivity (Wildman–Crippen MR) is 50.1 cm³/mol. The molecule has 0 aromatic carbocycles. The van der Waals surface area contributed by atoms with Gasteiger partial charge in [-0.2, -0.15) is 11.3 Å². The van der Waals surface area contributed by atoms with E-state index in [4.69, 9.17) is 0 Å². The van der Waals surface area contributed by atoms with Gasteiger partial charge in [0.15, 0.2) is 0 Å². The molecule has 2 nitrogen and oxygen atoms in total. The van der Waals surface area contributed by atoms with Crippen LogP contribution in [0.4, 0.5) is 0 Å². The highest BCUT2D eigenvalue weighted by atomic mass is 32.1. The van der Waals surface area contributed by atoms with E-state index in [-0.39, 0.29) is 5.97 Å². The van der Waals surface area contributed by atoms with E-state index >= 15 is 0 Å². The van der Waals surface area contributed by atoms with Crippen LogP contribution in [-0.4, -0.2) is 13.1 Å². The Bertz CT molecular complexity index is 299. The number of rotatable bonds is 2. The summed E-state index contributed by atoms with van der Waals surface area (Å²) < 4.78 is 4.47. The third kappa shape index (κ3) is 2.20. The second kappa shape index (κ2) is 4.07. The molecular weight excluding hydrogens is 172 g/mol. The number of carbonyl (C=O) groups is 1. The van der Waals surface area contributed by atoms with Gasteiger partial charge in [0.25, 0.3) is 0 Å². The highest BCUT2D eigenvalue weighted by Crippen LogP contribution is 2.14. The van der Waals surface area contributed by atoms with E-state index in [1.54, 1.807) is 17.4 Å². The summed E-state index contributed by atoms with van der Waals surface area (Å²) in [4.78, 5) is 10.7. The van der Waals surface area contributed by atoms with Crippen molar-refractivity contribution >= 4 is 23.4 Å². The molecule has 0 atom stereocenters. The molecule has 0 saturated carbocycles. The van der Waals surface area contributed by atoms with Crippen molar-refractivity contribution in [3.8, 4) is 0 Å². The Morgan fingerprint density at radius 3 is 2.83 bits per heavy atom. The maximum absolute atomic E-state index is 10.7. The third-order valence-electron chi connectivity index (χ3n) is 1.50. The van der Waals surface area contributed by atoms with Crippen molar-refractivity contribution in [3.63, 3.8) is 0 Å². The molecule has 0 aliphatic heterocycles. The monoisotopic (exact) mass is 182 g/mol. The first-order valence-electron chi connectivity index (χ1n) is 3.53. The van der Waals surface area contributed by atoms with Crippen molar-refractivity contribution < 1.29 is 9.53 Å². The second-order valence-corrected chi connectivity index (χ2v) is 3.11. The predicted octanol–water partition coefficient (Wildman–Crippen LogP) is 2.24. The molecule has 0 spiro atoms. The third-order valence-corrected chi connectivity index (χ3v) is 2.37. The molecule has 0 amide bonds. The Morgan fingerprint density at radius 1 is 1.58 bits per heavy atom. The second-order valence-electron chi connectivity index (χ2n) is 2.37. The van der Waals surface area contributed by atoms with Crippen molar-refractivity contribution in [1.82, 2.24) is 0 Å². The topological polar surface area (TPSA) is 26.3 Å². The summed E-state index contributed by atoms with van der Waals surface area (Å²) in [6, 6.07) is 0. The largest absolute Gasteiger partial charge is 0.466 e. The zero-order chi connectivity index (χ0) is 8.97. The van der Waals surface area contributed by atoms with Gasteiger partial charge in [-0.3, -0.25) is 0 Å². The van der Waals surface area contributed by atoms with E-state index in [0.29, 0.717) is 0 Å². The number of ether oxygens (including phenoxy) is 1. The Hall–Kier alpha value is -1.09. The van der Waals surface area contributed by atoms with Gasteiger partial charge in [0.2, 0.25) is 0 Å². The summed E-state index contributed by atoms with van der Waals surface area (Å²) in [5, 5.41) is 4.03. The van der Waals surface area contributed by atoms with Crippen LogP contribution in [0.3, 0.4) is 0 Å². The SMILES string of the molecule is COC(=O)/C=C/c1cscc1C. The molecule has 0 radical (unpaired) electrons. The van der Waals surface area contributed by atoms with Crippen LogP contribution in [0, 0.1) is 6.92 Å². The van der Waals surface area contributed by atoms with E-state index in [1.807, 2.05) is 17.7 Å². The first kappa shape index (κ1) is 9.00. The average molecular weight is 182 g/mol. The molecule has 12 heavy (non-hydrogen) atoms. The molecule has 0 aliphatic rings. The van der Waals surface area contributed by atoms with Gasteiger partial charge in [-0.1, -0.05) is 0 Å². The van der Waals surface area contributed by atoms with Crippen LogP contribution in [0.25, 0.3) is 6.08 Å². The molecule has 0 aliphatic carbocycles. The fraction of sp³-hybridized carbons (Fsp3) is 0.222. The summed E-state index contributed by atoms with van der Waals surface area (Å²) in [5.74, 6) is -0.319. The van der Waals surface area contributed by atoms with Crippen molar-refractivity contribution in [2.24, 2.45) is 0 Å². The van der Waals surface area contributed by atoms with Crippen LogP contribution in [0.15, 0.2) is 16.8 Å². The highest BCUT2D eigenvalue weighted by molar-refractivity contribution is 7.08. The van der Waals surface area contributed by atoms with Crippen LogP contribution >= 0.6 is 11.3 Å². The molecule has 1 rings (SSSR count). The summed E-state index contributed by atoms with van der Waals surface area (Å²) in [5.41, 5.74) is 2.26. The van der Waals surface area contributed by atoms with Crippen LogP contribution < -0.4 is 0 Å². The minimum absolute atomic E-state index is 0.319. The van der Waals surface area contributed by atoms with Gasteiger partial charge in [-0.25, -0.2) is 4.79 Å². The lowest BCUT2D eigenvalue weighted by molar-refractivity contribution is -0.134. The van der Waals surface area contributed by atoms with E-state index in [1.165, 1.54) is 18.7 Å². The number of hydrogen-bond donors (Lipinski definition) is 0. The summed E-state index contributed by atoms with van der Waals surface area (Å²) in [7, 11) is 1.37. The van der Waals surface area contributed by atoms with Gasteiger partial charge >= 0.3 is 5.97 Å². The van der Waals surface area contributed by atoms with Crippen molar-refractivity contribution in [2.45, 2.75) is 6.92 Å². The van der Waals surface area contributed by atoms with Gasteiger partial charge in [0.05, 0.1) is 7.11 Å². The zero-order valence-corrected chi connectivity index (χ0v) is 7.85. The molecule has 64 valence electrons. The van der Waals surface area contributed by atoms with Crippen LogP contribution in [0.2, 0.25) is 0 Å². The molecule has 0 N–H and O–H groups in total. The van der Waals surface area contributed by atoms with Gasteiger partial charge in [0, 0.05) is 6.08 Å². The highest BCUT2D eigenvalue weighted by Gasteiger charge is 1.95. The quantitative estimate of drug-likeness (QED) is 0.518. The average Bonchev–Trinajstić information content (AvgIpc) is 2.47. The molecular formula is C9H10O2S. The Balaban J connectivity index is 2.69. The lowest BCUT2D eigenvalue weighted by Crippen LogP contribution is -1.93. The summed E-state index contributed by atoms with van der Waals surface area (Å²) in [6.45, 7) is 2.01. The first-order valence-corrected chi connectivity index (χ1v) is 4.47. The molecule has 0 bridgehead atoms. The van der Waals surface area contributed by atoms with Gasteiger partial charge < -0.3 is 4.74 Å². The van der Waals surface area contributed by atoms with Crippen LogP contribution in [-0.2, 0) is 9.53 Å². The van der Waals surface area contributed by atoms with E-state index < -0.39 is 0 Å². The Morgan fingerprint density at radius 2 is 2.33 bits per heavy atom. The summed E-state index contributed by atoms with van der Waals surface area (Å²) in [6.07, 6.45) is 3.19. The number of carbonyl (C=O) groups excluding carboxylic acids is 1. The fourth-order valence-electron chi connectivity index (χ4n) is 0.767. The van der Waals surface area contributed by atoms with Gasteiger partial charge in [0.1, 0.15) is 0 Å². The lowest BCUT2D eigenvalue weighted by atomic mass is 10.2. The van der Waals surface area contributed by atoms with E-state index in [9.17, 15) is 4.79 Å². The van der Waals surface area contributed by atoms with Crippen molar-refractivity contribution in [3.05, 3.63) is 28.0 Å². The molecule has 0 fully saturated rings. The Kier molecular flexibility index (Phi) is 3.05. The maximum atomic E-state index is 10.7. The molecule has 0 unspecified atom stereocenters. The number of methoxy groups -OCH3 is 1. The van der Waals surface area contributed by atoms with Gasteiger partial charge in [-0.05, 0) is 34.9 Å². The smallest absolute Gasteiger partial charge is 0.330 e. The minimum atomic E-state index is -0.319. The normalized spacial score (nSPS) is 10.5. The lowest BCUT2D eigenvalue weighted by Gasteiger charge is -1.90. The zero-order valence-electron chi connectivity index (χ0n) is 7.03. The fourth-order valence-corrected chi connectivity index (χ4v) is 1.59. The number of hydrogen-bond acceptors (Lipinski definition) is 3. The molecule has 1 aromatic heterocycles. The minimum Gasteiger partial charge on any atom is -0.466 e. The molecule has 1 aromatic rings.